The van der Waals surface area contributed by atoms with Crippen LogP contribution in [-0.2, 0) is 9.53 Å². The fourth-order valence-electron chi connectivity index (χ4n) is 2.31. The maximum Gasteiger partial charge on any atom is 0.160 e. The molecule has 2 rings (SSSR count). The number of carbonyl (C=O) groups is 1. The van der Waals surface area contributed by atoms with E-state index in [0.29, 0.717) is 0 Å². The Bertz CT molecular complexity index is 290. The zero-order valence-electron chi connectivity index (χ0n) is 7.91. The highest BCUT2D eigenvalue weighted by Crippen LogP contribution is 2.44. The fraction of sp³-hybridized carbons (Fsp3) is 0.800. The number of Topliss-reactive ketones (excluding diaryl/α,β-unsaturated/α-hetero) is 1. The molecule has 0 aromatic rings. The summed E-state index contributed by atoms with van der Waals surface area (Å²) >= 11 is 0. The second-order valence-corrected chi connectivity index (χ2v) is 4.43. The summed E-state index contributed by atoms with van der Waals surface area (Å²) in [7, 11) is 0. The molecule has 0 saturated carbocycles. The summed E-state index contributed by atoms with van der Waals surface area (Å²) in [5.74, 6) is -0.470. The number of nitriles is 1. The molecule has 0 spiro atoms. The summed E-state index contributed by atoms with van der Waals surface area (Å²) in [4.78, 5) is 11.8. The average Bonchev–Trinajstić information content (AvgIpc) is 2.51. The maximum absolute atomic E-state index is 11.8. The molecule has 3 nitrogen and oxygen atoms in total. The number of hydrogen-bond acceptors (Lipinski definition) is 3. The normalized spacial score (nSPS) is 41.6. The number of fused-ring (bicyclic) bond motifs is 2. The van der Waals surface area contributed by atoms with Gasteiger partial charge in [-0.25, -0.2) is 0 Å². The minimum atomic E-state index is -0.534. The van der Waals surface area contributed by atoms with E-state index in [1.807, 2.05) is 13.8 Å². The van der Waals surface area contributed by atoms with Crippen LogP contribution < -0.4 is 0 Å². The van der Waals surface area contributed by atoms with Gasteiger partial charge >= 0.3 is 0 Å². The first-order valence-electron chi connectivity index (χ1n) is 4.66. The molecule has 0 N–H and O–H groups in total. The predicted octanol–water partition coefficient (Wildman–Crippen LogP) is 1.28. The van der Waals surface area contributed by atoms with Crippen LogP contribution in [-0.4, -0.2) is 18.0 Å². The third-order valence-electron chi connectivity index (χ3n) is 3.29. The first kappa shape index (κ1) is 8.71. The SMILES string of the molecule is CC1(C)C(=O)[C@H](C#N)[C@@H]2CC[C@H]1O2. The van der Waals surface area contributed by atoms with Crippen molar-refractivity contribution in [2.24, 2.45) is 11.3 Å². The molecule has 2 aliphatic heterocycles. The Morgan fingerprint density at radius 2 is 2.23 bits per heavy atom. The Kier molecular flexibility index (Phi) is 1.71. The Morgan fingerprint density at radius 1 is 1.54 bits per heavy atom. The van der Waals surface area contributed by atoms with Crippen LogP contribution in [0.15, 0.2) is 0 Å². The lowest BCUT2D eigenvalue weighted by Gasteiger charge is -2.36. The molecule has 0 aromatic carbocycles. The van der Waals surface area contributed by atoms with Crippen LogP contribution in [0.1, 0.15) is 26.7 Å². The van der Waals surface area contributed by atoms with E-state index in [1.165, 1.54) is 0 Å². The first-order valence-corrected chi connectivity index (χ1v) is 4.66. The zero-order valence-corrected chi connectivity index (χ0v) is 7.91. The molecule has 2 heterocycles. The van der Waals surface area contributed by atoms with Gasteiger partial charge in [-0.3, -0.25) is 4.79 Å². The molecule has 13 heavy (non-hydrogen) atoms. The van der Waals surface area contributed by atoms with Gasteiger partial charge in [0.25, 0.3) is 0 Å². The fourth-order valence-corrected chi connectivity index (χ4v) is 2.31. The lowest BCUT2D eigenvalue weighted by molar-refractivity contribution is -0.154. The van der Waals surface area contributed by atoms with E-state index in [4.69, 9.17) is 10.00 Å². The van der Waals surface area contributed by atoms with Gasteiger partial charge in [0.05, 0.1) is 23.7 Å². The lowest BCUT2D eigenvalue weighted by Crippen LogP contribution is -2.48. The van der Waals surface area contributed by atoms with Gasteiger partial charge in [0, 0.05) is 0 Å². The molecule has 0 aromatic heterocycles. The van der Waals surface area contributed by atoms with Crippen LogP contribution >= 0.6 is 0 Å². The van der Waals surface area contributed by atoms with Gasteiger partial charge in [-0.15, -0.1) is 0 Å². The molecule has 0 radical (unpaired) electrons. The molecule has 0 aliphatic carbocycles. The summed E-state index contributed by atoms with van der Waals surface area (Å²) in [6.45, 7) is 3.76. The molecule has 3 heteroatoms. The van der Waals surface area contributed by atoms with E-state index in [1.54, 1.807) is 0 Å². The highest BCUT2D eigenvalue weighted by Gasteiger charge is 2.53. The van der Waals surface area contributed by atoms with Gasteiger partial charge < -0.3 is 4.74 Å². The molecule has 2 bridgehead atoms. The van der Waals surface area contributed by atoms with Gasteiger partial charge in [-0.05, 0) is 12.8 Å². The molecular weight excluding hydrogens is 166 g/mol. The summed E-state index contributed by atoms with van der Waals surface area (Å²) in [5, 5.41) is 8.86. The Morgan fingerprint density at radius 3 is 2.85 bits per heavy atom. The van der Waals surface area contributed by atoms with Crippen molar-refractivity contribution in [3.63, 3.8) is 0 Å². The summed E-state index contributed by atoms with van der Waals surface area (Å²) in [6.07, 6.45) is 1.68. The summed E-state index contributed by atoms with van der Waals surface area (Å²) < 4.78 is 5.64. The van der Waals surface area contributed by atoms with Crippen LogP contribution in [0.5, 0.6) is 0 Å². The van der Waals surface area contributed by atoms with Crippen LogP contribution in [0.2, 0.25) is 0 Å². The standard InChI is InChI=1S/C10H13NO2/c1-10(2)8-4-3-7(13-8)6(5-11)9(10)12/h6-8H,3-4H2,1-2H3/t6-,7+,8-/m1/s1. The third kappa shape index (κ3) is 1.02. The van der Waals surface area contributed by atoms with Crippen molar-refractivity contribution < 1.29 is 9.53 Å². The Labute approximate surface area is 77.7 Å². The minimum absolute atomic E-state index is 0.0367. The van der Waals surface area contributed by atoms with Gasteiger partial charge in [0.15, 0.2) is 5.78 Å². The quantitative estimate of drug-likeness (QED) is 0.563. The second kappa shape index (κ2) is 2.55. The third-order valence-corrected chi connectivity index (χ3v) is 3.29. The summed E-state index contributed by atoms with van der Waals surface area (Å²) in [6, 6.07) is 2.06. The van der Waals surface area contributed by atoms with Crippen molar-refractivity contribution in [2.75, 3.05) is 0 Å². The van der Waals surface area contributed by atoms with Crippen LogP contribution in [0.3, 0.4) is 0 Å². The Hall–Kier alpha value is -0.880. The molecule has 0 unspecified atom stereocenters. The van der Waals surface area contributed by atoms with Crippen LogP contribution in [0.25, 0.3) is 0 Å². The minimum Gasteiger partial charge on any atom is -0.372 e. The average molecular weight is 179 g/mol. The van der Waals surface area contributed by atoms with Crippen LogP contribution in [0, 0.1) is 22.7 Å². The maximum atomic E-state index is 11.8. The predicted molar refractivity (Wildman–Crippen MR) is 45.8 cm³/mol. The van der Waals surface area contributed by atoms with Crippen molar-refractivity contribution in [1.82, 2.24) is 0 Å². The number of rotatable bonds is 0. The molecule has 0 amide bonds. The molecule has 2 fully saturated rings. The molecule has 3 atom stereocenters. The number of nitrogens with zero attached hydrogens (tertiary/aromatic N) is 1. The largest absolute Gasteiger partial charge is 0.372 e. The van der Waals surface area contributed by atoms with E-state index in [2.05, 4.69) is 6.07 Å². The van der Waals surface area contributed by atoms with Crippen molar-refractivity contribution in [3.05, 3.63) is 0 Å². The molecule has 70 valence electrons. The van der Waals surface area contributed by atoms with E-state index < -0.39 is 11.3 Å². The summed E-state index contributed by atoms with van der Waals surface area (Å²) in [5.41, 5.74) is -0.465. The number of hydrogen-bond donors (Lipinski definition) is 0. The first-order chi connectivity index (χ1) is 6.07. The topological polar surface area (TPSA) is 50.1 Å². The van der Waals surface area contributed by atoms with E-state index in [9.17, 15) is 4.79 Å². The molecular formula is C10H13NO2. The highest BCUT2D eigenvalue weighted by molar-refractivity contribution is 5.90. The van der Waals surface area contributed by atoms with Gasteiger partial charge in [-0.1, -0.05) is 13.8 Å². The number of carbonyl (C=O) groups excluding carboxylic acids is 1. The van der Waals surface area contributed by atoms with Gasteiger partial charge in [-0.2, -0.15) is 5.26 Å². The zero-order chi connectivity index (χ0) is 9.64. The molecule has 2 aliphatic rings. The highest BCUT2D eigenvalue weighted by atomic mass is 16.5. The second-order valence-electron chi connectivity index (χ2n) is 4.43. The van der Waals surface area contributed by atoms with Gasteiger partial charge in [0.2, 0.25) is 0 Å². The van der Waals surface area contributed by atoms with E-state index >= 15 is 0 Å². The number of ether oxygens (including phenoxy) is 1. The Balaban J connectivity index is 2.36. The van der Waals surface area contributed by atoms with Crippen molar-refractivity contribution >= 4 is 5.78 Å². The van der Waals surface area contributed by atoms with Crippen molar-refractivity contribution in [2.45, 2.75) is 38.9 Å². The van der Waals surface area contributed by atoms with E-state index in [0.717, 1.165) is 12.8 Å². The van der Waals surface area contributed by atoms with Gasteiger partial charge in [0.1, 0.15) is 5.92 Å². The monoisotopic (exact) mass is 179 g/mol. The van der Waals surface area contributed by atoms with E-state index in [-0.39, 0.29) is 18.0 Å². The van der Waals surface area contributed by atoms with Crippen LogP contribution in [0.4, 0.5) is 0 Å². The van der Waals surface area contributed by atoms with Crippen molar-refractivity contribution in [1.29, 1.82) is 5.26 Å². The smallest absolute Gasteiger partial charge is 0.160 e. The van der Waals surface area contributed by atoms with Crippen molar-refractivity contribution in [3.8, 4) is 6.07 Å². The molecule has 2 saturated heterocycles. The lowest BCUT2D eigenvalue weighted by atomic mass is 9.76. The number of ketones is 1.